The van der Waals surface area contributed by atoms with Crippen molar-refractivity contribution in [2.24, 2.45) is 0 Å². The third kappa shape index (κ3) is 4.64. The van der Waals surface area contributed by atoms with E-state index in [2.05, 4.69) is 17.1 Å². The summed E-state index contributed by atoms with van der Waals surface area (Å²) in [7, 11) is 0. The summed E-state index contributed by atoms with van der Waals surface area (Å²) in [5, 5.41) is 11.2. The number of rotatable bonds is 6. The molecule has 1 aliphatic heterocycles. The van der Waals surface area contributed by atoms with Gasteiger partial charge in [-0.25, -0.2) is 0 Å². The second-order valence-corrected chi connectivity index (χ2v) is 4.97. The largest absolute Gasteiger partial charge is 0.480 e. The van der Waals surface area contributed by atoms with Gasteiger partial charge in [-0.3, -0.25) is 14.5 Å². The number of carboxylic acid groups (broad SMARTS) is 1. The van der Waals surface area contributed by atoms with Crippen LogP contribution in [0.1, 0.15) is 46.0 Å². The number of carbonyl (C=O) groups excluding carboxylic acids is 1. The van der Waals surface area contributed by atoms with Crippen LogP contribution in [0.3, 0.4) is 0 Å². The first kappa shape index (κ1) is 15.0. The summed E-state index contributed by atoms with van der Waals surface area (Å²) in [6.45, 7) is 5.45. The number of carbonyl (C=O) groups is 2. The molecule has 2 unspecified atom stereocenters. The SMILES string of the molecule is CCC1CCCCN1CCC(=O)NC(C)C(=O)O. The maximum Gasteiger partial charge on any atom is 0.325 e. The molecule has 0 aromatic rings. The number of carboxylic acids is 1. The van der Waals surface area contributed by atoms with Crippen molar-refractivity contribution in [3.8, 4) is 0 Å². The summed E-state index contributed by atoms with van der Waals surface area (Å²) in [5.74, 6) is -1.17. The summed E-state index contributed by atoms with van der Waals surface area (Å²) in [6.07, 6.45) is 5.19. The van der Waals surface area contributed by atoms with Gasteiger partial charge in [-0.1, -0.05) is 13.3 Å². The smallest absolute Gasteiger partial charge is 0.325 e. The number of likely N-dealkylation sites (tertiary alicyclic amines) is 1. The molecule has 1 aliphatic rings. The fourth-order valence-corrected chi connectivity index (χ4v) is 2.44. The molecule has 0 spiro atoms. The molecule has 0 radical (unpaired) electrons. The third-order valence-electron chi connectivity index (χ3n) is 3.59. The maximum atomic E-state index is 11.6. The molecule has 18 heavy (non-hydrogen) atoms. The van der Waals surface area contributed by atoms with Crippen LogP contribution in [-0.2, 0) is 9.59 Å². The van der Waals surface area contributed by atoms with E-state index >= 15 is 0 Å². The highest BCUT2D eigenvalue weighted by atomic mass is 16.4. The van der Waals surface area contributed by atoms with Gasteiger partial charge in [-0.15, -0.1) is 0 Å². The number of hydrogen-bond acceptors (Lipinski definition) is 3. The first-order valence-corrected chi connectivity index (χ1v) is 6.80. The Hall–Kier alpha value is -1.10. The first-order valence-electron chi connectivity index (χ1n) is 6.80. The number of amides is 1. The van der Waals surface area contributed by atoms with E-state index in [4.69, 9.17) is 5.11 Å². The minimum absolute atomic E-state index is 0.176. The average molecular weight is 256 g/mol. The standard InChI is InChI=1S/C13H24N2O3/c1-3-11-6-4-5-8-15(11)9-7-12(16)14-10(2)13(17)18/h10-11H,3-9H2,1-2H3,(H,14,16)(H,17,18). The molecule has 1 amide bonds. The number of piperidine rings is 1. The van der Waals surface area contributed by atoms with Gasteiger partial charge in [0.05, 0.1) is 0 Å². The van der Waals surface area contributed by atoms with Gasteiger partial charge in [0.2, 0.25) is 5.91 Å². The van der Waals surface area contributed by atoms with E-state index in [0.29, 0.717) is 12.5 Å². The van der Waals surface area contributed by atoms with Crippen molar-refractivity contribution in [1.29, 1.82) is 0 Å². The van der Waals surface area contributed by atoms with Gasteiger partial charge in [-0.05, 0) is 32.7 Å². The molecule has 1 saturated heterocycles. The number of hydrogen-bond donors (Lipinski definition) is 2. The van der Waals surface area contributed by atoms with Crippen molar-refractivity contribution < 1.29 is 14.7 Å². The molecule has 2 atom stereocenters. The third-order valence-corrected chi connectivity index (χ3v) is 3.59. The fraction of sp³-hybridized carbons (Fsp3) is 0.846. The molecule has 1 fully saturated rings. The van der Waals surface area contributed by atoms with Gasteiger partial charge in [0.1, 0.15) is 6.04 Å². The Morgan fingerprint density at radius 2 is 2.17 bits per heavy atom. The first-order chi connectivity index (χ1) is 8.54. The molecular formula is C13H24N2O3. The molecule has 2 N–H and O–H groups in total. The monoisotopic (exact) mass is 256 g/mol. The quantitative estimate of drug-likeness (QED) is 0.750. The lowest BCUT2D eigenvalue weighted by atomic mass is 10.00. The van der Waals surface area contributed by atoms with E-state index in [-0.39, 0.29) is 5.91 Å². The Kier molecular flexibility index (Phi) is 6.12. The van der Waals surface area contributed by atoms with Crippen LogP contribution in [0, 0.1) is 0 Å². The van der Waals surface area contributed by atoms with Crippen LogP contribution in [0.5, 0.6) is 0 Å². The van der Waals surface area contributed by atoms with Crippen molar-refractivity contribution in [1.82, 2.24) is 10.2 Å². The minimum Gasteiger partial charge on any atom is -0.480 e. The highest BCUT2D eigenvalue weighted by Gasteiger charge is 2.21. The molecule has 0 aliphatic carbocycles. The van der Waals surface area contributed by atoms with Gasteiger partial charge in [0.25, 0.3) is 0 Å². The summed E-state index contributed by atoms with van der Waals surface area (Å²) >= 11 is 0. The molecule has 0 bridgehead atoms. The van der Waals surface area contributed by atoms with Gasteiger partial charge in [-0.2, -0.15) is 0 Å². The molecule has 5 nitrogen and oxygen atoms in total. The lowest BCUT2D eigenvalue weighted by Gasteiger charge is -2.35. The van der Waals surface area contributed by atoms with Crippen LogP contribution < -0.4 is 5.32 Å². The Balaban J connectivity index is 2.30. The molecule has 0 saturated carbocycles. The fourth-order valence-electron chi connectivity index (χ4n) is 2.44. The second kappa shape index (κ2) is 7.36. The van der Waals surface area contributed by atoms with Crippen molar-refractivity contribution >= 4 is 11.9 Å². The van der Waals surface area contributed by atoms with E-state index in [0.717, 1.165) is 19.5 Å². The van der Waals surface area contributed by atoms with E-state index in [1.165, 1.54) is 26.2 Å². The highest BCUT2D eigenvalue weighted by molar-refractivity contribution is 5.83. The predicted molar refractivity (Wildman–Crippen MR) is 69.4 cm³/mol. The van der Waals surface area contributed by atoms with Crippen molar-refractivity contribution in [3.05, 3.63) is 0 Å². The Bertz CT molecular complexity index is 294. The average Bonchev–Trinajstić information content (AvgIpc) is 2.36. The molecule has 1 heterocycles. The van der Waals surface area contributed by atoms with Crippen LogP contribution in [0.15, 0.2) is 0 Å². The lowest BCUT2D eigenvalue weighted by molar-refractivity contribution is -0.141. The zero-order chi connectivity index (χ0) is 13.5. The van der Waals surface area contributed by atoms with Crippen molar-refractivity contribution in [2.45, 2.75) is 58.0 Å². The van der Waals surface area contributed by atoms with Crippen LogP contribution >= 0.6 is 0 Å². The lowest BCUT2D eigenvalue weighted by Crippen LogP contribution is -2.43. The molecule has 1 rings (SSSR count). The summed E-state index contributed by atoms with van der Waals surface area (Å²) < 4.78 is 0. The van der Waals surface area contributed by atoms with Gasteiger partial charge in [0, 0.05) is 19.0 Å². The molecule has 5 heteroatoms. The maximum absolute atomic E-state index is 11.6. The minimum atomic E-state index is -0.993. The molecule has 0 aromatic heterocycles. The zero-order valence-corrected chi connectivity index (χ0v) is 11.3. The van der Waals surface area contributed by atoms with Crippen molar-refractivity contribution in [2.75, 3.05) is 13.1 Å². The van der Waals surface area contributed by atoms with E-state index in [1.807, 2.05) is 0 Å². The Labute approximate surface area is 109 Å². The number of nitrogens with zero attached hydrogens (tertiary/aromatic N) is 1. The van der Waals surface area contributed by atoms with Crippen LogP contribution in [-0.4, -0.2) is 47.1 Å². The van der Waals surface area contributed by atoms with Crippen LogP contribution in [0.4, 0.5) is 0 Å². The van der Waals surface area contributed by atoms with E-state index < -0.39 is 12.0 Å². The number of nitrogens with one attached hydrogen (secondary N) is 1. The summed E-state index contributed by atoms with van der Waals surface area (Å²) in [6, 6.07) is -0.218. The van der Waals surface area contributed by atoms with E-state index in [9.17, 15) is 9.59 Å². The Morgan fingerprint density at radius 3 is 2.78 bits per heavy atom. The Morgan fingerprint density at radius 1 is 1.44 bits per heavy atom. The van der Waals surface area contributed by atoms with Gasteiger partial charge in [0.15, 0.2) is 0 Å². The zero-order valence-electron chi connectivity index (χ0n) is 11.3. The van der Waals surface area contributed by atoms with Crippen molar-refractivity contribution in [3.63, 3.8) is 0 Å². The second-order valence-electron chi connectivity index (χ2n) is 4.97. The number of aliphatic carboxylic acids is 1. The van der Waals surface area contributed by atoms with Crippen LogP contribution in [0.25, 0.3) is 0 Å². The topological polar surface area (TPSA) is 69.6 Å². The highest BCUT2D eigenvalue weighted by Crippen LogP contribution is 2.19. The normalized spacial score (nSPS) is 22.4. The summed E-state index contributed by atoms with van der Waals surface area (Å²) in [5.41, 5.74) is 0. The molecular weight excluding hydrogens is 232 g/mol. The van der Waals surface area contributed by atoms with Crippen LogP contribution in [0.2, 0.25) is 0 Å². The van der Waals surface area contributed by atoms with Gasteiger partial charge >= 0.3 is 5.97 Å². The summed E-state index contributed by atoms with van der Waals surface area (Å²) in [4.78, 5) is 24.6. The molecule has 0 aromatic carbocycles. The molecule has 104 valence electrons. The van der Waals surface area contributed by atoms with E-state index in [1.54, 1.807) is 0 Å². The predicted octanol–water partition coefficient (Wildman–Crippen LogP) is 1.23. The van der Waals surface area contributed by atoms with Gasteiger partial charge < -0.3 is 10.4 Å².